The third kappa shape index (κ3) is 4.10. The number of methoxy groups -OCH3 is 1. The summed E-state index contributed by atoms with van der Waals surface area (Å²) in [6.45, 7) is 0. The quantitative estimate of drug-likeness (QED) is 0.821. The number of carbonyl (C=O) groups is 2. The highest BCUT2D eigenvalue weighted by molar-refractivity contribution is 5.93. The lowest BCUT2D eigenvalue weighted by atomic mass is 10.2. The maximum absolute atomic E-state index is 12.9. The predicted molar refractivity (Wildman–Crippen MR) is 58.5 cm³/mol. The summed E-state index contributed by atoms with van der Waals surface area (Å²) in [6.07, 6.45) is -0.398. The highest BCUT2D eigenvalue weighted by Gasteiger charge is 2.09. The second-order valence-electron chi connectivity index (χ2n) is 3.29. The van der Waals surface area contributed by atoms with E-state index in [9.17, 15) is 14.0 Å². The van der Waals surface area contributed by atoms with Gasteiger partial charge in [0.25, 0.3) is 0 Å². The minimum Gasteiger partial charge on any atom is -0.494 e. The van der Waals surface area contributed by atoms with Crippen molar-refractivity contribution in [2.75, 3.05) is 12.4 Å². The van der Waals surface area contributed by atoms with E-state index < -0.39 is 17.7 Å². The Morgan fingerprint density at radius 3 is 2.71 bits per heavy atom. The molecule has 92 valence electrons. The second-order valence-corrected chi connectivity index (χ2v) is 3.29. The van der Waals surface area contributed by atoms with Crippen LogP contribution in [0.15, 0.2) is 18.2 Å². The molecule has 0 aliphatic heterocycles. The molecule has 0 aromatic heterocycles. The Balaban J connectivity index is 2.67. The van der Waals surface area contributed by atoms with Gasteiger partial charge in [-0.3, -0.25) is 9.59 Å². The Morgan fingerprint density at radius 2 is 2.12 bits per heavy atom. The van der Waals surface area contributed by atoms with E-state index in [1.807, 2.05) is 0 Å². The fourth-order valence-electron chi connectivity index (χ4n) is 1.20. The van der Waals surface area contributed by atoms with Gasteiger partial charge in [-0.1, -0.05) is 0 Å². The van der Waals surface area contributed by atoms with Gasteiger partial charge < -0.3 is 15.2 Å². The number of carboxylic acid groups (broad SMARTS) is 1. The first kappa shape index (κ1) is 13.0. The van der Waals surface area contributed by atoms with Crippen LogP contribution in [0.3, 0.4) is 0 Å². The molecule has 17 heavy (non-hydrogen) atoms. The number of hydrogen-bond donors (Lipinski definition) is 2. The maximum Gasteiger partial charge on any atom is 0.303 e. The zero-order valence-electron chi connectivity index (χ0n) is 9.20. The number of carbonyl (C=O) groups excluding carboxylic acids is 1. The van der Waals surface area contributed by atoms with Crippen LogP contribution in [0.25, 0.3) is 0 Å². The molecular formula is C11H12FNO4. The summed E-state index contributed by atoms with van der Waals surface area (Å²) in [5.41, 5.74) is 0.310. The third-order valence-corrected chi connectivity index (χ3v) is 2.00. The summed E-state index contributed by atoms with van der Waals surface area (Å²) in [5, 5.41) is 10.9. The molecule has 0 heterocycles. The van der Waals surface area contributed by atoms with Crippen LogP contribution in [0.2, 0.25) is 0 Å². The highest BCUT2D eigenvalue weighted by Crippen LogP contribution is 2.24. The first-order chi connectivity index (χ1) is 8.02. The summed E-state index contributed by atoms with van der Waals surface area (Å²) < 4.78 is 17.7. The van der Waals surface area contributed by atoms with Gasteiger partial charge >= 0.3 is 5.97 Å². The molecule has 6 heteroatoms. The molecule has 0 bridgehead atoms. The van der Waals surface area contributed by atoms with Crippen LogP contribution in [-0.4, -0.2) is 24.1 Å². The maximum atomic E-state index is 12.9. The van der Waals surface area contributed by atoms with Gasteiger partial charge in [0.1, 0.15) is 11.6 Å². The molecular weight excluding hydrogens is 229 g/mol. The van der Waals surface area contributed by atoms with E-state index in [1.54, 1.807) is 0 Å². The van der Waals surface area contributed by atoms with Crippen LogP contribution in [0.1, 0.15) is 12.8 Å². The van der Waals surface area contributed by atoms with Crippen molar-refractivity contribution in [1.29, 1.82) is 0 Å². The van der Waals surface area contributed by atoms with Crippen LogP contribution in [0.5, 0.6) is 5.75 Å². The van der Waals surface area contributed by atoms with Crippen molar-refractivity contribution in [2.45, 2.75) is 12.8 Å². The molecule has 1 aromatic carbocycles. The van der Waals surface area contributed by atoms with Crippen molar-refractivity contribution in [3.8, 4) is 5.75 Å². The van der Waals surface area contributed by atoms with E-state index in [0.29, 0.717) is 5.69 Å². The molecule has 0 aliphatic carbocycles. The van der Waals surface area contributed by atoms with Gasteiger partial charge in [0.15, 0.2) is 0 Å². The topological polar surface area (TPSA) is 75.6 Å². The lowest BCUT2D eigenvalue weighted by Crippen LogP contribution is -2.13. The van der Waals surface area contributed by atoms with Gasteiger partial charge in [-0.15, -0.1) is 0 Å². The number of benzene rings is 1. The molecule has 0 spiro atoms. The molecule has 0 saturated heterocycles. The summed E-state index contributed by atoms with van der Waals surface area (Å²) >= 11 is 0. The largest absolute Gasteiger partial charge is 0.494 e. The Kier molecular flexibility index (Phi) is 4.45. The number of aliphatic carboxylic acids is 1. The first-order valence-corrected chi connectivity index (χ1v) is 4.88. The number of amides is 1. The Bertz CT molecular complexity index is 433. The van der Waals surface area contributed by atoms with Crippen LogP contribution in [0.4, 0.5) is 10.1 Å². The molecule has 2 N–H and O–H groups in total. The molecule has 0 unspecified atom stereocenters. The van der Waals surface area contributed by atoms with Gasteiger partial charge in [0.2, 0.25) is 5.91 Å². The normalized spacial score (nSPS) is 9.76. The first-order valence-electron chi connectivity index (χ1n) is 4.88. The summed E-state index contributed by atoms with van der Waals surface area (Å²) in [5.74, 6) is -1.80. The van der Waals surface area contributed by atoms with E-state index in [-0.39, 0.29) is 18.6 Å². The lowest BCUT2D eigenvalue weighted by Gasteiger charge is -2.09. The summed E-state index contributed by atoms with van der Waals surface area (Å²) in [4.78, 5) is 21.6. The van der Waals surface area contributed by atoms with Crippen molar-refractivity contribution >= 4 is 17.6 Å². The predicted octanol–water partition coefficient (Wildman–Crippen LogP) is 1.64. The van der Waals surface area contributed by atoms with Crippen molar-refractivity contribution in [2.24, 2.45) is 0 Å². The second kappa shape index (κ2) is 5.83. The molecule has 1 rings (SSSR count). The van der Waals surface area contributed by atoms with Crippen LogP contribution in [0, 0.1) is 5.82 Å². The number of halogens is 1. The van der Waals surface area contributed by atoms with E-state index in [2.05, 4.69) is 5.32 Å². The molecule has 1 aromatic rings. The van der Waals surface area contributed by atoms with Gasteiger partial charge in [-0.25, -0.2) is 4.39 Å². The van der Waals surface area contributed by atoms with Crippen molar-refractivity contribution in [3.05, 3.63) is 24.0 Å². The van der Waals surface area contributed by atoms with E-state index in [0.717, 1.165) is 6.07 Å². The molecule has 5 nitrogen and oxygen atoms in total. The fourth-order valence-corrected chi connectivity index (χ4v) is 1.20. The summed E-state index contributed by atoms with van der Waals surface area (Å²) in [7, 11) is 1.35. The van der Waals surface area contributed by atoms with Gasteiger partial charge in [0.05, 0.1) is 19.2 Å². The average molecular weight is 241 g/mol. The summed E-state index contributed by atoms with van der Waals surface area (Å²) in [6, 6.07) is 3.66. The standard InChI is InChI=1S/C11H12FNO4/c1-17-9-6-7(12)2-3-8(9)13-10(14)4-5-11(15)16/h2-3,6H,4-5H2,1H3,(H,13,14)(H,15,16). The van der Waals surface area contributed by atoms with Gasteiger partial charge in [-0.2, -0.15) is 0 Å². The van der Waals surface area contributed by atoms with Crippen LogP contribution >= 0.6 is 0 Å². The van der Waals surface area contributed by atoms with Crippen LogP contribution in [-0.2, 0) is 9.59 Å². The average Bonchev–Trinajstić information content (AvgIpc) is 2.28. The number of anilines is 1. The Morgan fingerprint density at radius 1 is 1.41 bits per heavy atom. The van der Waals surface area contributed by atoms with Crippen molar-refractivity contribution in [1.82, 2.24) is 0 Å². The number of nitrogens with one attached hydrogen (secondary N) is 1. The molecule has 0 fully saturated rings. The minimum absolute atomic E-state index is 0.143. The number of ether oxygens (including phenoxy) is 1. The zero-order valence-corrected chi connectivity index (χ0v) is 9.20. The number of carboxylic acids is 1. The van der Waals surface area contributed by atoms with Gasteiger partial charge in [0, 0.05) is 12.5 Å². The SMILES string of the molecule is COc1cc(F)ccc1NC(=O)CCC(=O)O. The number of rotatable bonds is 5. The minimum atomic E-state index is -1.05. The van der Waals surface area contributed by atoms with E-state index in [1.165, 1.54) is 19.2 Å². The Labute approximate surface area is 97.2 Å². The van der Waals surface area contributed by atoms with Crippen molar-refractivity contribution < 1.29 is 23.8 Å². The molecule has 0 atom stereocenters. The van der Waals surface area contributed by atoms with Crippen LogP contribution < -0.4 is 10.1 Å². The number of hydrogen-bond acceptors (Lipinski definition) is 3. The lowest BCUT2D eigenvalue weighted by molar-refractivity contribution is -0.138. The fraction of sp³-hybridized carbons (Fsp3) is 0.273. The highest BCUT2D eigenvalue weighted by atomic mass is 19.1. The molecule has 0 aliphatic rings. The van der Waals surface area contributed by atoms with E-state index in [4.69, 9.17) is 9.84 Å². The third-order valence-electron chi connectivity index (χ3n) is 2.00. The van der Waals surface area contributed by atoms with E-state index >= 15 is 0 Å². The monoisotopic (exact) mass is 241 g/mol. The van der Waals surface area contributed by atoms with Gasteiger partial charge in [-0.05, 0) is 12.1 Å². The molecule has 0 radical (unpaired) electrons. The molecule has 0 saturated carbocycles. The Hall–Kier alpha value is -2.11. The zero-order chi connectivity index (χ0) is 12.8. The smallest absolute Gasteiger partial charge is 0.303 e. The molecule has 1 amide bonds. The van der Waals surface area contributed by atoms with Crippen molar-refractivity contribution in [3.63, 3.8) is 0 Å².